The van der Waals surface area contributed by atoms with Crippen LogP contribution in [0.4, 0.5) is 0 Å². The zero-order valence-electron chi connectivity index (χ0n) is 42.0. The van der Waals surface area contributed by atoms with Gasteiger partial charge in [0.15, 0.2) is 23.1 Å². The molecule has 8 unspecified atom stereocenters. The molecule has 6 heteroatoms. The maximum atomic E-state index is 14.2. The number of allylic oxidation sites excluding steroid dienone is 2. The molecule has 10 fully saturated rings. The van der Waals surface area contributed by atoms with Crippen molar-refractivity contribution in [3.63, 3.8) is 0 Å². The first-order chi connectivity index (χ1) is 31.5. The highest BCUT2D eigenvalue weighted by atomic mass is 16.7. The van der Waals surface area contributed by atoms with Crippen molar-refractivity contribution in [2.24, 2.45) is 92.7 Å². The molecule has 0 bridgehead atoms. The number of ketones is 2. The fourth-order valence-electron chi connectivity index (χ4n) is 20.9. The topological polar surface area (TPSA) is 71.1 Å². The third-order valence-electron chi connectivity index (χ3n) is 24.2. The highest BCUT2D eigenvalue weighted by Gasteiger charge is 2.71. The summed E-state index contributed by atoms with van der Waals surface area (Å²) in [4.78, 5) is 28.5. The highest BCUT2D eigenvalue weighted by molar-refractivity contribution is 6.24. The minimum Gasteiger partial charge on any atom is -0.349 e. The van der Waals surface area contributed by atoms with Gasteiger partial charge in [-0.15, -0.1) is 0 Å². The molecule has 0 amide bonds. The number of rotatable bonds is 2. The summed E-state index contributed by atoms with van der Waals surface area (Å²) in [5.74, 6) is 7.13. The van der Waals surface area contributed by atoms with E-state index in [0.717, 1.165) is 74.0 Å². The van der Waals surface area contributed by atoms with Crippen molar-refractivity contribution >= 4 is 22.7 Å². The van der Waals surface area contributed by atoms with Crippen molar-refractivity contribution < 1.29 is 28.5 Å². The van der Waals surface area contributed by atoms with Crippen molar-refractivity contribution in [1.82, 2.24) is 0 Å². The van der Waals surface area contributed by atoms with Crippen LogP contribution in [0.25, 0.3) is 11.1 Å². The van der Waals surface area contributed by atoms with E-state index in [1.807, 2.05) is 0 Å². The van der Waals surface area contributed by atoms with Crippen LogP contribution in [0.5, 0.6) is 0 Å². The van der Waals surface area contributed by atoms with Crippen molar-refractivity contribution in [3.05, 3.63) is 46.5 Å². The van der Waals surface area contributed by atoms with Crippen molar-refractivity contribution in [3.8, 4) is 0 Å². The molecule has 4 aliphatic heterocycles. The van der Waals surface area contributed by atoms with E-state index < -0.39 is 0 Å². The number of carbonyl (C=O) groups is 2. The van der Waals surface area contributed by atoms with Gasteiger partial charge in [-0.2, -0.15) is 0 Å². The molecule has 6 nitrogen and oxygen atoms in total. The average Bonchev–Trinajstić information content (AvgIpc) is 3.96. The normalized spacial score (nSPS) is 53.8. The van der Waals surface area contributed by atoms with Crippen molar-refractivity contribution in [2.75, 3.05) is 13.2 Å². The Labute approximate surface area is 396 Å². The molecule has 6 saturated carbocycles. The lowest BCUT2D eigenvalue weighted by Crippen LogP contribution is -2.53. The third-order valence-corrected chi connectivity index (χ3v) is 24.2. The predicted molar refractivity (Wildman–Crippen MR) is 258 cm³/mol. The van der Waals surface area contributed by atoms with Crippen LogP contribution in [0.15, 0.2) is 35.4 Å². The number of hydrogen-bond donors (Lipinski definition) is 0. The summed E-state index contributed by atoms with van der Waals surface area (Å²) in [6, 6.07) is 8.94. The Bertz CT molecular complexity index is 2100. The van der Waals surface area contributed by atoms with E-state index in [1.54, 1.807) is 0 Å². The first-order valence-corrected chi connectivity index (χ1v) is 27.8. The van der Waals surface area contributed by atoms with E-state index in [9.17, 15) is 9.59 Å². The Kier molecular flexibility index (Phi) is 9.79. The van der Waals surface area contributed by atoms with E-state index in [0.29, 0.717) is 108 Å². The smallest absolute Gasteiger partial charge is 0.171 e. The summed E-state index contributed by atoms with van der Waals surface area (Å²) in [7, 11) is 0. The zero-order valence-corrected chi connectivity index (χ0v) is 42.0. The molecule has 13 rings (SSSR count). The predicted octanol–water partition coefficient (Wildman–Crippen LogP) is 13.2. The molecule has 12 aliphatic rings. The maximum Gasteiger partial charge on any atom is 0.171 e. The minimum atomic E-state index is -0.369. The van der Waals surface area contributed by atoms with Crippen LogP contribution in [-0.2, 0) is 28.5 Å². The lowest BCUT2D eigenvalue weighted by molar-refractivity contribution is -0.273. The number of hydrogen-bond acceptors (Lipinski definition) is 6. The monoisotopic (exact) mass is 899 g/mol. The molecular formula is C60H82O6. The lowest BCUT2D eigenvalue weighted by atomic mass is 9.45. The molecule has 358 valence electrons. The van der Waals surface area contributed by atoms with Gasteiger partial charge in [-0.05, 0) is 182 Å². The summed E-state index contributed by atoms with van der Waals surface area (Å²) >= 11 is 0. The van der Waals surface area contributed by atoms with E-state index in [-0.39, 0.29) is 33.2 Å². The second-order valence-corrected chi connectivity index (χ2v) is 26.8. The molecule has 66 heavy (non-hydrogen) atoms. The van der Waals surface area contributed by atoms with Crippen LogP contribution in [0, 0.1) is 92.7 Å². The summed E-state index contributed by atoms with van der Waals surface area (Å²) in [6.45, 7) is 21.6. The van der Waals surface area contributed by atoms with Crippen LogP contribution in [-0.4, -0.2) is 48.6 Å². The molecule has 4 heterocycles. The fourth-order valence-corrected chi connectivity index (χ4v) is 20.9. The Morgan fingerprint density at radius 3 is 1.27 bits per heavy atom. The van der Waals surface area contributed by atoms with Crippen molar-refractivity contribution in [2.45, 2.75) is 195 Å². The van der Waals surface area contributed by atoms with E-state index >= 15 is 0 Å². The van der Waals surface area contributed by atoms with Gasteiger partial charge in [-0.3, -0.25) is 9.59 Å². The second-order valence-electron chi connectivity index (χ2n) is 26.8. The Morgan fingerprint density at radius 1 is 0.485 bits per heavy atom. The molecular weight excluding hydrogens is 817 g/mol. The quantitative estimate of drug-likeness (QED) is 0.294. The fraction of sp³-hybridized carbons (Fsp3) is 0.800. The standard InChI is InChI=1S/C60H82O6/c1-33-17-27-59(63-31-33)35(3)53-49(65-59)29-45-39-13-15-43-51(47(61)21-25-55(43,5)41(39)19-23-57(45,53)7)37-9-11-38(12-10-37)52-44-16-14-40-42(56(44,6)26-22-48(52)62)20-24-58(8)46(40)30-50-54(58)36(4)60(66-50)28-18-34(2)32-64-60/h9-12,33-36,39-42,45-46,49-50,53-54H,13-32H2,1-8H3/t33?,34?,35-,36-,39?,40?,41?,42?,45?,46?,49-,50-,53-,54-,55+,56+,57-,58-,59+,60+/m0/s1. The van der Waals surface area contributed by atoms with Crippen LogP contribution < -0.4 is 0 Å². The van der Waals surface area contributed by atoms with E-state index in [2.05, 4.69) is 79.7 Å². The SMILES string of the molecule is CC1CC[C@@]2(OC1)O[C@H]1CC3C4CCC5=C(c6ccc(C7=C8CCC9C(CC[C@@]%10(C)C9C[C@@H]9O[C@]%11(CCC(C)CO%11)[C@@H](C)[C@@H]9%10)[C@@]8(C)CCC7=O)cc6)C(=O)CC[C@]5(C)C4CC[C@]3(C)[C@H]1[C@@H]2C. The van der Waals surface area contributed by atoms with Gasteiger partial charge in [0.2, 0.25) is 0 Å². The molecule has 20 atom stereocenters. The molecule has 1 aromatic carbocycles. The first kappa shape index (κ1) is 43.9. The summed E-state index contributed by atoms with van der Waals surface area (Å²) in [5.41, 5.74) is 7.77. The third kappa shape index (κ3) is 5.74. The number of ether oxygens (including phenoxy) is 4. The van der Waals surface area contributed by atoms with Gasteiger partial charge < -0.3 is 18.9 Å². The Balaban J connectivity index is 0.753. The molecule has 0 aromatic heterocycles. The number of fused-ring (bicyclic) bond motifs is 14. The summed E-state index contributed by atoms with van der Waals surface area (Å²) < 4.78 is 27.4. The molecule has 0 radical (unpaired) electrons. The van der Waals surface area contributed by atoms with Gasteiger partial charge in [0.05, 0.1) is 25.4 Å². The second kappa shape index (κ2) is 14.7. The van der Waals surface area contributed by atoms with Crippen LogP contribution in [0.1, 0.15) is 182 Å². The number of carbonyl (C=O) groups excluding carboxylic acids is 2. The summed E-state index contributed by atoms with van der Waals surface area (Å²) in [5, 5.41) is 0. The van der Waals surface area contributed by atoms with Gasteiger partial charge in [-0.25, -0.2) is 0 Å². The average molecular weight is 899 g/mol. The molecule has 8 aliphatic carbocycles. The van der Waals surface area contributed by atoms with Gasteiger partial charge in [0.25, 0.3) is 0 Å². The Morgan fingerprint density at radius 2 is 0.894 bits per heavy atom. The first-order valence-electron chi connectivity index (χ1n) is 27.8. The van der Waals surface area contributed by atoms with Crippen LogP contribution >= 0.6 is 0 Å². The number of benzene rings is 1. The molecule has 2 spiro atoms. The van der Waals surface area contributed by atoms with E-state index in [4.69, 9.17) is 18.9 Å². The molecule has 4 saturated heterocycles. The van der Waals surface area contributed by atoms with Crippen LogP contribution in [0.2, 0.25) is 0 Å². The maximum absolute atomic E-state index is 14.2. The largest absolute Gasteiger partial charge is 0.349 e. The summed E-state index contributed by atoms with van der Waals surface area (Å²) in [6.07, 6.45) is 20.2. The highest BCUT2D eigenvalue weighted by Crippen LogP contribution is 2.73. The van der Waals surface area contributed by atoms with Crippen molar-refractivity contribution in [1.29, 1.82) is 0 Å². The Hall–Kier alpha value is -2.12. The molecule has 0 N–H and O–H groups in total. The van der Waals surface area contributed by atoms with Crippen LogP contribution in [0.3, 0.4) is 0 Å². The lowest BCUT2D eigenvalue weighted by Gasteiger charge is -2.59. The van der Waals surface area contributed by atoms with Gasteiger partial charge in [-0.1, -0.05) is 90.8 Å². The zero-order chi connectivity index (χ0) is 45.5. The van der Waals surface area contributed by atoms with Gasteiger partial charge in [0, 0.05) is 48.7 Å². The van der Waals surface area contributed by atoms with Gasteiger partial charge in [0.1, 0.15) is 0 Å². The molecule has 1 aromatic rings. The van der Waals surface area contributed by atoms with Gasteiger partial charge >= 0.3 is 0 Å². The van der Waals surface area contributed by atoms with E-state index in [1.165, 1.54) is 75.4 Å². The minimum absolute atomic E-state index is 0.0482. The number of Topliss-reactive ketones (excluding diaryl/α,β-unsaturated/α-hetero) is 2.